The summed E-state index contributed by atoms with van der Waals surface area (Å²) in [4.78, 5) is 4.66. The molecule has 1 N–H and O–H groups in total. The van der Waals surface area contributed by atoms with Crippen LogP contribution in [0.15, 0.2) is 46.9 Å². The average Bonchev–Trinajstić information content (AvgIpc) is 2.80. The zero-order valence-corrected chi connectivity index (χ0v) is 13.8. The lowest BCUT2D eigenvalue weighted by Gasteiger charge is -2.13. The van der Waals surface area contributed by atoms with E-state index in [0.717, 1.165) is 15.1 Å². The molecule has 0 fully saturated rings. The molecule has 1 unspecified atom stereocenters. The molecule has 0 spiro atoms. The summed E-state index contributed by atoms with van der Waals surface area (Å²) in [7, 11) is 0. The van der Waals surface area contributed by atoms with E-state index in [1.54, 1.807) is 11.3 Å². The number of aryl methyl sites for hydroxylation is 1. The number of rotatable bonds is 3. The van der Waals surface area contributed by atoms with Crippen molar-refractivity contribution < 1.29 is 0 Å². The summed E-state index contributed by atoms with van der Waals surface area (Å²) >= 11 is 5.21. The van der Waals surface area contributed by atoms with E-state index in [9.17, 15) is 0 Å². The summed E-state index contributed by atoms with van der Waals surface area (Å²) in [5.41, 5.74) is 3.56. The van der Waals surface area contributed by atoms with Gasteiger partial charge in [0.2, 0.25) is 0 Å². The zero-order valence-electron chi connectivity index (χ0n) is 11.4. The van der Waals surface area contributed by atoms with Gasteiger partial charge in [-0.2, -0.15) is 0 Å². The van der Waals surface area contributed by atoms with E-state index in [-0.39, 0.29) is 6.04 Å². The molecule has 2 nitrogen and oxygen atoms in total. The second kappa shape index (κ2) is 5.54. The van der Waals surface area contributed by atoms with Gasteiger partial charge in [-0.1, -0.05) is 45.5 Å². The highest BCUT2D eigenvalue weighted by Gasteiger charge is 2.09. The Morgan fingerprint density at radius 1 is 1.20 bits per heavy atom. The Morgan fingerprint density at radius 3 is 2.85 bits per heavy atom. The van der Waals surface area contributed by atoms with Crippen molar-refractivity contribution in [3.8, 4) is 0 Å². The van der Waals surface area contributed by atoms with Crippen molar-refractivity contribution in [3.63, 3.8) is 0 Å². The van der Waals surface area contributed by atoms with Crippen LogP contribution < -0.4 is 5.32 Å². The lowest BCUT2D eigenvalue weighted by Crippen LogP contribution is -2.05. The summed E-state index contributed by atoms with van der Waals surface area (Å²) in [5, 5.41) is 4.45. The first-order valence-electron chi connectivity index (χ1n) is 6.51. The number of fused-ring (bicyclic) bond motifs is 1. The molecule has 3 aromatic rings. The molecule has 0 bridgehead atoms. The lowest BCUT2D eigenvalue weighted by molar-refractivity contribution is 0.881. The van der Waals surface area contributed by atoms with Gasteiger partial charge < -0.3 is 5.32 Å². The van der Waals surface area contributed by atoms with Crippen LogP contribution in [0.2, 0.25) is 0 Å². The van der Waals surface area contributed by atoms with E-state index in [1.165, 1.54) is 15.8 Å². The third-order valence-electron chi connectivity index (χ3n) is 3.23. The monoisotopic (exact) mass is 346 g/mol. The van der Waals surface area contributed by atoms with Crippen molar-refractivity contribution in [2.24, 2.45) is 0 Å². The Bertz CT molecular complexity index is 751. The number of hydrogen-bond donors (Lipinski definition) is 1. The van der Waals surface area contributed by atoms with Crippen molar-refractivity contribution in [2.45, 2.75) is 19.9 Å². The SMILES string of the molecule is Cc1ccc2sc(NC(C)c3cccc(Br)c3)nc2c1. The summed E-state index contributed by atoms with van der Waals surface area (Å²) in [5.74, 6) is 0. The van der Waals surface area contributed by atoms with Crippen molar-refractivity contribution in [1.29, 1.82) is 0 Å². The van der Waals surface area contributed by atoms with Gasteiger partial charge >= 0.3 is 0 Å². The molecule has 0 saturated heterocycles. The van der Waals surface area contributed by atoms with Gasteiger partial charge in [-0.05, 0) is 49.2 Å². The van der Waals surface area contributed by atoms with E-state index in [1.807, 2.05) is 6.07 Å². The van der Waals surface area contributed by atoms with Gasteiger partial charge in [0.25, 0.3) is 0 Å². The van der Waals surface area contributed by atoms with Crippen LogP contribution in [0.25, 0.3) is 10.2 Å². The van der Waals surface area contributed by atoms with Crippen molar-refractivity contribution in [3.05, 3.63) is 58.1 Å². The van der Waals surface area contributed by atoms with E-state index in [4.69, 9.17) is 0 Å². The molecule has 20 heavy (non-hydrogen) atoms. The maximum absolute atomic E-state index is 4.66. The number of halogens is 1. The minimum absolute atomic E-state index is 0.231. The molecule has 0 aliphatic heterocycles. The van der Waals surface area contributed by atoms with Gasteiger partial charge in [0.05, 0.1) is 16.3 Å². The van der Waals surface area contributed by atoms with Crippen LogP contribution in [0.4, 0.5) is 5.13 Å². The maximum Gasteiger partial charge on any atom is 0.184 e. The van der Waals surface area contributed by atoms with Gasteiger partial charge in [0, 0.05) is 4.47 Å². The number of anilines is 1. The predicted octanol–water partition coefficient (Wildman–Crippen LogP) is 5.54. The van der Waals surface area contributed by atoms with Crippen LogP contribution in [-0.2, 0) is 0 Å². The summed E-state index contributed by atoms with van der Waals surface area (Å²) in [6, 6.07) is 15.0. The predicted molar refractivity (Wildman–Crippen MR) is 90.5 cm³/mol. The van der Waals surface area contributed by atoms with E-state index < -0.39 is 0 Å². The molecule has 102 valence electrons. The molecule has 1 atom stereocenters. The van der Waals surface area contributed by atoms with Crippen LogP contribution in [0.3, 0.4) is 0 Å². The van der Waals surface area contributed by atoms with Crippen LogP contribution >= 0.6 is 27.3 Å². The molecule has 0 saturated carbocycles. The first-order chi connectivity index (χ1) is 9.61. The number of hydrogen-bond acceptors (Lipinski definition) is 3. The molecule has 1 aromatic heterocycles. The summed E-state index contributed by atoms with van der Waals surface area (Å²) in [6.07, 6.45) is 0. The van der Waals surface area contributed by atoms with Crippen LogP contribution in [-0.4, -0.2) is 4.98 Å². The Labute approximate surface area is 131 Å². The van der Waals surface area contributed by atoms with Crippen molar-refractivity contribution in [2.75, 3.05) is 5.32 Å². The zero-order chi connectivity index (χ0) is 14.1. The highest BCUT2D eigenvalue weighted by atomic mass is 79.9. The minimum atomic E-state index is 0.231. The third-order valence-corrected chi connectivity index (χ3v) is 4.69. The first kappa shape index (κ1) is 13.6. The quantitative estimate of drug-likeness (QED) is 0.673. The fourth-order valence-corrected chi connectivity index (χ4v) is 3.49. The van der Waals surface area contributed by atoms with Gasteiger partial charge in [0.1, 0.15) is 0 Å². The summed E-state index contributed by atoms with van der Waals surface area (Å²) < 4.78 is 2.32. The molecule has 1 heterocycles. The Hall–Kier alpha value is -1.39. The van der Waals surface area contributed by atoms with E-state index in [0.29, 0.717) is 0 Å². The summed E-state index contributed by atoms with van der Waals surface area (Å²) in [6.45, 7) is 4.25. The standard InChI is InChI=1S/C16H15BrN2S/c1-10-6-7-15-14(8-10)19-16(20-15)18-11(2)12-4-3-5-13(17)9-12/h3-9,11H,1-2H3,(H,18,19). The topological polar surface area (TPSA) is 24.9 Å². The van der Waals surface area contributed by atoms with Gasteiger partial charge in [-0.15, -0.1) is 0 Å². The van der Waals surface area contributed by atoms with Crippen molar-refractivity contribution >= 4 is 42.6 Å². The van der Waals surface area contributed by atoms with Gasteiger partial charge in [0.15, 0.2) is 5.13 Å². The van der Waals surface area contributed by atoms with E-state index >= 15 is 0 Å². The molecule has 0 aliphatic rings. The maximum atomic E-state index is 4.66. The second-order valence-corrected chi connectivity index (χ2v) is 6.86. The lowest BCUT2D eigenvalue weighted by atomic mass is 10.1. The molecule has 4 heteroatoms. The smallest absolute Gasteiger partial charge is 0.184 e. The van der Waals surface area contributed by atoms with Crippen molar-refractivity contribution in [1.82, 2.24) is 4.98 Å². The Kier molecular flexibility index (Phi) is 3.76. The van der Waals surface area contributed by atoms with Gasteiger partial charge in [-0.3, -0.25) is 0 Å². The fraction of sp³-hybridized carbons (Fsp3) is 0.188. The number of aromatic nitrogens is 1. The van der Waals surface area contributed by atoms with Crippen LogP contribution in [0.5, 0.6) is 0 Å². The number of nitrogens with zero attached hydrogens (tertiary/aromatic N) is 1. The van der Waals surface area contributed by atoms with E-state index in [2.05, 4.69) is 76.5 Å². The number of thiazole rings is 1. The van der Waals surface area contributed by atoms with Crippen LogP contribution in [0.1, 0.15) is 24.1 Å². The second-order valence-electron chi connectivity index (χ2n) is 4.91. The molecule has 0 aliphatic carbocycles. The molecule has 0 amide bonds. The highest BCUT2D eigenvalue weighted by molar-refractivity contribution is 9.10. The molecular formula is C16H15BrN2S. The minimum Gasteiger partial charge on any atom is -0.355 e. The third kappa shape index (κ3) is 2.86. The fourth-order valence-electron chi connectivity index (χ4n) is 2.14. The number of nitrogens with one attached hydrogen (secondary N) is 1. The Balaban J connectivity index is 1.85. The average molecular weight is 347 g/mol. The van der Waals surface area contributed by atoms with Gasteiger partial charge in [-0.25, -0.2) is 4.98 Å². The number of benzene rings is 2. The Morgan fingerprint density at radius 2 is 2.05 bits per heavy atom. The van der Waals surface area contributed by atoms with Crippen LogP contribution in [0, 0.1) is 6.92 Å². The first-order valence-corrected chi connectivity index (χ1v) is 8.12. The molecular weight excluding hydrogens is 332 g/mol. The molecule has 3 rings (SSSR count). The molecule has 0 radical (unpaired) electrons. The highest BCUT2D eigenvalue weighted by Crippen LogP contribution is 2.29. The largest absolute Gasteiger partial charge is 0.355 e. The normalized spacial score (nSPS) is 12.6. The molecule has 2 aromatic carbocycles.